The largest absolute Gasteiger partial charge is 0.497 e. The number of aromatic nitrogens is 1. The van der Waals surface area contributed by atoms with Crippen molar-refractivity contribution in [1.82, 2.24) is 10.3 Å². The molecule has 0 aliphatic rings. The van der Waals surface area contributed by atoms with Gasteiger partial charge in [-0.05, 0) is 95.6 Å². The number of amides is 1. The molecule has 1 N–H and O–H groups in total. The molecule has 1 aromatic heterocycles. The van der Waals surface area contributed by atoms with Gasteiger partial charge in [0.25, 0.3) is 0 Å². The standard InChI is InChI=1S/C31H32N2O3/c1-22(7-4-8-23-9-6-18-32-21-23)33-30(34)17-14-24-12-13-25-19-28(36-3)15-16-29(25)31(24)26-10-5-11-27(20-26)35-2/h5-6,9-22H,4,7-8H2,1-3H3,(H,33,34)/t22-/m1/s1. The van der Waals surface area contributed by atoms with Gasteiger partial charge in [-0.25, -0.2) is 0 Å². The van der Waals surface area contributed by atoms with Crippen LogP contribution >= 0.6 is 0 Å². The van der Waals surface area contributed by atoms with E-state index < -0.39 is 0 Å². The molecule has 0 bridgehead atoms. The molecular formula is C31H32N2O3. The van der Waals surface area contributed by atoms with Gasteiger partial charge < -0.3 is 14.8 Å². The fourth-order valence-corrected chi connectivity index (χ4v) is 4.38. The molecule has 0 spiro atoms. The zero-order chi connectivity index (χ0) is 25.3. The summed E-state index contributed by atoms with van der Waals surface area (Å²) in [6.45, 7) is 2.04. The van der Waals surface area contributed by atoms with E-state index in [0.29, 0.717) is 0 Å². The number of aryl methyl sites for hydroxylation is 1. The molecule has 5 heteroatoms. The summed E-state index contributed by atoms with van der Waals surface area (Å²) >= 11 is 0. The summed E-state index contributed by atoms with van der Waals surface area (Å²) < 4.78 is 10.9. The first-order valence-corrected chi connectivity index (χ1v) is 12.2. The molecule has 184 valence electrons. The predicted molar refractivity (Wildman–Crippen MR) is 146 cm³/mol. The van der Waals surface area contributed by atoms with E-state index in [4.69, 9.17) is 9.47 Å². The highest BCUT2D eigenvalue weighted by molar-refractivity contribution is 6.03. The van der Waals surface area contributed by atoms with Crippen molar-refractivity contribution in [3.63, 3.8) is 0 Å². The van der Waals surface area contributed by atoms with E-state index in [1.54, 1.807) is 26.5 Å². The molecule has 5 nitrogen and oxygen atoms in total. The van der Waals surface area contributed by atoms with Crippen molar-refractivity contribution in [2.24, 2.45) is 0 Å². The Labute approximate surface area is 212 Å². The molecule has 1 atom stereocenters. The van der Waals surface area contributed by atoms with Crippen molar-refractivity contribution in [3.8, 4) is 22.6 Å². The van der Waals surface area contributed by atoms with Gasteiger partial charge in [0.2, 0.25) is 5.91 Å². The normalized spacial score (nSPS) is 12.0. The Hall–Kier alpha value is -4.12. The number of benzene rings is 3. The van der Waals surface area contributed by atoms with Crippen molar-refractivity contribution in [3.05, 3.63) is 96.3 Å². The molecule has 0 unspecified atom stereocenters. The van der Waals surface area contributed by atoms with Crippen LogP contribution in [0.1, 0.15) is 30.9 Å². The molecule has 0 radical (unpaired) electrons. The number of nitrogens with one attached hydrogen (secondary N) is 1. The molecule has 0 aliphatic heterocycles. The fraction of sp³-hybridized carbons (Fsp3) is 0.226. The summed E-state index contributed by atoms with van der Waals surface area (Å²) in [5, 5.41) is 5.23. The third kappa shape index (κ3) is 6.30. The quantitative estimate of drug-likeness (QED) is 0.265. The van der Waals surface area contributed by atoms with Crippen molar-refractivity contribution in [2.45, 2.75) is 32.2 Å². The second-order valence-electron chi connectivity index (χ2n) is 8.85. The first-order chi connectivity index (χ1) is 17.6. The zero-order valence-electron chi connectivity index (χ0n) is 21.0. The van der Waals surface area contributed by atoms with Crippen LogP contribution in [-0.4, -0.2) is 31.2 Å². The summed E-state index contributed by atoms with van der Waals surface area (Å²) in [7, 11) is 3.33. The summed E-state index contributed by atoms with van der Waals surface area (Å²) in [5.74, 6) is 1.49. The van der Waals surface area contributed by atoms with E-state index in [2.05, 4.69) is 34.6 Å². The predicted octanol–water partition coefficient (Wildman–Crippen LogP) is 6.46. The maximum Gasteiger partial charge on any atom is 0.244 e. The molecule has 36 heavy (non-hydrogen) atoms. The average Bonchev–Trinajstić information content (AvgIpc) is 2.91. The van der Waals surface area contributed by atoms with Gasteiger partial charge in [-0.15, -0.1) is 0 Å². The van der Waals surface area contributed by atoms with Gasteiger partial charge >= 0.3 is 0 Å². The number of fused-ring (bicyclic) bond motifs is 1. The van der Waals surface area contributed by atoms with E-state index in [1.807, 2.05) is 61.7 Å². The molecule has 0 saturated carbocycles. The van der Waals surface area contributed by atoms with Gasteiger partial charge in [-0.3, -0.25) is 9.78 Å². The van der Waals surface area contributed by atoms with Crippen LogP contribution in [0.4, 0.5) is 0 Å². The summed E-state index contributed by atoms with van der Waals surface area (Å²) in [5.41, 5.74) is 4.24. The second-order valence-corrected chi connectivity index (χ2v) is 8.85. The maximum atomic E-state index is 12.7. The van der Waals surface area contributed by atoms with Crippen LogP contribution < -0.4 is 14.8 Å². The van der Waals surface area contributed by atoms with Crippen molar-refractivity contribution in [2.75, 3.05) is 14.2 Å². The topological polar surface area (TPSA) is 60.5 Å². The minimum Gasteiger partial charge on any atom is -0.497 e. The molecule has 1 amide bonds. The number of ether oxygens (including phenoxy) is 2. The number of hydrogen-bond acceptors (Lipinski definition) is 4. The number of rotatable bonds is 10. The van der Waals surface area contributed by atoms with Crippen LogP contribution in [0.2, 0.25) is 0 Å². The highest BCUT2D eigenvalue weighted by Gasteiger charge is 2.12. The first-order valence-electron chi connectivity index (χ1n) is 12.2. The second kappa shape index (κ2) is 12.0. The Morgan fingerprint density at radius 1 is 1.00 bits per heavy atom. The van der Waals surface area contributed by atoms with Crippen LogP contribution in [0.3, 0.4) is 0 Å². The van der Waals surface area contributed by atoms with Crippen molar-refractivity contribution < 1.29 is 14.3 Å². The van der Waals surface area contributed by atoms with Crippen LogP contribution in [0.5, 0.6) is 11.5 Å². The van der Waals surface area contributed by atoms with Crippen molar-refractivity contribution >= 4 is 22.8 Å². The lowest BCUT2D eigenvalue weighted by atomic mass is 9.92. The zero-order valence-corrected chi connectivity index (χ0v) is 21.0. The fourth-order valence-electron chi connectivity index (χ4n) is 4.38. The minimum absolute atomic E-state index is 0.0840. The summed E-state index contributed by atoms with van der Waals surface area (Å²) in [6, 6.07) is 22.2. The molecule has 4 rings (SSSR count). The van der Waals surface area contributed by atoms with E-state index >= 15 is 0 Å². The summed E-state index contributed by atoms with van der Waals surface area (Å²) in [4.78, 5) is 16.9. The molecule has 0 aliphatic carbocycles. The molecule has 4 aromatic rings. The van der Waals surface area contributed by atoms with Gasteiger partial charge in [0.15, 0.2) is 0 Å². The van der Waals surface area contributed by atoms with Crippen LogP contribution in [0, 0.1) is 0 Å². The van der Waals surface area contributed by atoms with Gasteiger partial charge in [-0.1, -0.05) is 36.4 Å². The number of hydrogen-bond donors (Lipinski definition) is 1. The lowest BCUT2D eigenvalue weighted by Crippen LogP contribution is -2.31. The van der Waals surface area contributed by atoms with E-state index in [9.17, 15) is 4.79 Å². The third-order valence-electron chi connectivity index (χ3n) is 6.25. The van der Waals surface area contributed by atoms with Crippen molar-refractivity contribution in [1.29, 1.82) is 0 Å². The number of pyridine rings is 1. The molecule has 0 saturated heterocycles. The Kier molecular flexibility index (Phi) is 8.35. The Balaban J connectivity index is 1.52. The number of methoxy groups -OCH3 is 2. The first kappa shape index (κ1) is 25.0. The molecular weight excluding hydrogens is 448 g/mol. The highest BCUT2D eigenvalue weighted by atomic mass is 16.5. The van der Waals surface area contributed by atoms with Crippen LogP contribution in [0.15, 0.2) is 85.2 Å². The monoisotopic (exact) mass is 480 g/mol. The van der Waals surface area contributed by atoms with Gasteiger partial charge in [-0.2, -0.15) is 0 Å². The minimum atomic E-state index is -0.102. The number of nitrogens with zero attached hydrogens (tertiary/aromatic N) is 1. The Morgan fingerprint density at radius 2 is 1.83 bits per heavy atom. The van der Waals surface area contributed by atoms with Crippen LogP contribution in [-0.2, 0) is 11.2 Å². The third-order valence-corrected chi connectivity index (χ3v) is 6.25. The molecule has 0 fully saturated rings. The Morgan fingerprint density at radius 3 is 2.61 bits per heavy atom. The summed E-state index contributed by atoms with van der Waals surface area (Å²) in [6.07, 6.45) is 10.0. The van der Waals surface area contributed by atoms with Gasteiger partial charge in [0.05, 0.1) is 14.2 Å². The van der Waals surface area contributed by atoms with E-state index in [1.165, 1.54) is 5.56 Å². The number of carbonyl (C=O) groups excluding carboxylic acids is 1. The SMILES string of the molecule is COc1cccc(-c2c(C=CC(=O)N[C@H](C)CCCc3cccnc3)ccc3cc(OC)ccc23)c1. The van der Waals surface area contributed by atoms with E-state index in [-0.39, 0.29) is 11.9 Å². The van der Waals surface area contributed by atoms with Gasteiger partial charge in [0, 0.05) is 24.5 Å². The molecule has 1 heterocycles. The lowest BCUT2D eigenvalue weighted by Gasteiger charge is -2.14. The van der Waals surface area contributed by atoms with Crippen LogP contribution in [0.25, 0.3) is 28.0 Å². The maximum absolute atomic E-state index is 12.7. The molecule has 3 aromatic carbocycles. The average molecular weight is 481 g/mol. The lowest BCUT2D eigenvalue weighted by molar-refractivity contribution is -0.117. The number of carbonyl (C=O) groups is 1. The van der Waals surface area contributed by atoms with Gasteiger partial charge in [0.1, 0.15) is 11.5 Å². The highest BCUT2D eigenvalue weighted by Crippen LogP contribution is 2.36. The smallest absolute Gasteiger partial charge is 0.244 e. The van der Waals surface area contributed by atoms with E-state index in [0.717, 1.165) is 58.2 Å². The Bertz CT molecular complexity index is 1350.